The van der Waals surface area contributed by atoms with E-state index in [0.29, 0.717) is 18.9 Å². The predicted octanol–water partition coefficient (Wildman–Crippen LogP) is 0.803. The molecule has 0 saturated carbocycles. The summed E-state index contributed by atoms with van der Waals surface area (Å²) in [6.07, 6.45) is 5.80. The number of ether oxygens (including phenoxy) is 1. The third kappa shape index (κ3) is 5.49. The summed E-state index contributed by atoms with van der Waals surface area (Å²) in [7, 11) is 0. The lowest BCUT2D eigenvalue weighted by Gasteiger charge is -2.40. The zero-order valence-electron chi connectivity index (χ0n) is 14.8. The van der Waals surface area contributed by atoms with Crippen molar-refractivity contribution in [3.63, 3.8) is 0 Å². The van der Waals surface area contributed by atoms with Crippen molar-refractivity contribution < 1.29 is 14.6 Å². The van der Waals surface area contributed by atoms with Gasteiger partial charge in [-0.1, -0.05) is 0 Å². The lowest BCUT2D eigenvalue weighted by molar-refractivity contribution is -0.134. The van der Waals surface area contributed by atoms with Gasteiger partial charge in [0.15, 0.2) is 0 Å². The molecule has 1 N–H and O–H groups in total. The van der Waals surface area contributed by atoms with Crippen LogP contribution in [0.25, 0.3) is 0 Å². The Bertz CT molecular complexity index is 534. The van der Waals surface area contributed by atoms with Gasteiger partial charge in [0.25, 0.3) is 0 Å². The van der Waals surface area contributed by atoms with E-state index in [1.165, 1.54) is 0 Å². The molecule has 3 heterocycles. The summed E-state index contributed by atoms with van der Waals surface area (Å²) in [5, 5.41) is 9.64. The number of aryl methyl sites for hydroxylation is 1. The number of hydrogen-bond donors (Lipinski definition) is 1. The topological polar surface area (TPSA) is 65.9 Å². The van der Waals surface area contributed by atoms with Crippen LogP contribution in [0.1, 0.15) is 18.4 Å². The summed E-state index contributed by atoms with van der Waals surface area (Å²) in [4.78, 5) is 21.1. The first-order valence-corrected chi connectivity index (χ1v) is 9.32. The van der Waals surface area contributed by atoms with Crippen LogP contribution in [-0.4, -0.2) is 78.3 Å². The molecule has 1 aromatic heterocycles. The Hall–Kier alpha value is -1.50. The maximum absolute atomic E-state index is 12.7. The Labute approximate surface area is 149 Å². The first-order chi connectivity index (χ1) is 12.2. The first kappa shape index (κ1) is 18.3. The highest BCUT2D eigenvalue weighted by Gasteiger charge is 2.30. The van der Waals surface area contributed by atoms with Crippen molar-refractivity contribution >= 4 is 5.91 Å². The van der Waals surface area contributed by atoms with Gasteiger partial charge in [0.1, 0.15) is 0 Å². The number of pyridine rings is 1. The van der Waals surface area contributed by atoms with Gasteiger partial charge in [0.2, 0.25) is 5.91 Å². The second kappa shape index (κ2) is 9.27. The molecule has 2 atom stereocenters. The average molecular weight is 347 g/mol. The van der Waals surface area contributed by atoms with Gasteiger partial charge in [-0.15, -0.1) is 0 Å². The summed E-state index contributed by atoms with van der Waals surface area (Å²) >= 11 is 0. The number of aliphatic hydroxyl groups is 1. The van der Waals surface area contributed by atoms with Crippen molar-refractivity contribution in [2.24, 2.45) is 11.8 Å². The van der Waals surface area contributed by atoms with Gasteiger partial charge in [0, 0.05) is 58.1 Å². The number of aliphatic hydroxyl groups excluding tert-OH is 1. The Morgan fingerprint density at radius 3 is 2.64 bits per heavy atom. The van der Waals surface area contributed by atoms with E-state index in [4.69, 9.17) is 4.74 Å². The lowest BCUT2D eigenvalue weighted by atomic mass is 9.88. The molecule has 0 unspecified atom stereocenters. The molecular weight excluding hydrogens is 318 g/mol. The number of amides is 1. The number of aromatic nitrogens is 1. The maximum atomic E-state index is 12.7. The summed E-state index contributed by atoms with van der Waals surface area (Å²) in [5.74, 6) is 0.834. The predicted molar refractivity (Wildman–Crippen MR) is 95.1 cm³/mol. The Balaban J connectivity index is 1.52. The molecule has 3 rings (SSSR count). The zero-order valence-corrected chi connectivity index (χ0v) is 14.8. The fourth-order valence-electron chi connectivity index (χ4n) is 3.89. The van der Waals surface area contributed by atoms with Crippen molar-refractivity contribution in [3.8, 4) is 0 Å². The molecule has 2 saturated heterocycles. The summed E-state index contributed by atoms with van der Waals surface area (Å²) in [6.45, 7) is 6.18. The standard InChI is InChI=1S/C19H29N3O3/c23-15-18-11-17(12-21-7-9-25-10-8-21)13-22(14-18)19(24)2-1-16-3-5-20-6-4-16/h3-6,17-18,23H,1-2,7-15H2/t17-,18+/m1/s1. The molecule has 2 fully saturated rings. The highest BCUT2D eigenvalue weighted by atomic mass is 16.5. The molecule has 2 aliphatic rings. The monoisotopic (exact) mass is 347 g/mol. The van der Waals surface area contributed by atoms with Crippen LogP contribution in [0.2, 0.25) is 0 Å². The maximum Gasteiger partial charge on any atom is 0.222 e. The number of carbonyl (C=O) groups is 1. The van der Waals surface area contributed by atoms with E-state index in [1.807, 2.05) is 17.0 Å². The van der Waals surface area contributed by atoms with Crippen molar-refractivity contribution in [2.75, 3.05) is 52.5 Å². The second-order valence-corrected chi connectivity index (χ2v) is 7.22. The van der Waals surface area contributed by atoms with E-state index in [0.717, 1.165) is 57.8 Å². The van der Waals surface area contributed by atoms with Crippen LogP contribution in [0.5, 0.6) is 0 Å². The molecule has 0 bridgehead atoms. The largest absolute Gasteiger partial charge is 0.396 e. The van der Waals surface area contributed by atoms with E-state index < -0.39 is 0 Å². The van der Waals surface area contributed by atoms with E-state index in [1.54, 1.807) is 12.4 Å². The fourth-order valence-corrected chi connectivity index (χ4v) is 3.89. The number of hydrogen-bond acceptors (Lipinski definition) is 5. The molecule has 6 nitrogen and oxygen atoms in total. The van der Waals surface area contributed by atoms with Gasteiger partial charge in [0.05, 0.1) is 13.2 Å². The molecule has 0 radical (unpaired) electrons. The van der Waals surface area contributed by atoms with E-state index in [9.17, 15) is 9.90 Å². The number of likely N-dealkylation sites (tertiary alicyclic amines) is 1. The van der Waals surface area contributed by atoms with Gasteiger partial charge in [-0.3, -0.25) is 14.7 Å². The number of piperidine rings is 1. The molecule has 0 aliphatic carbocycles. The van der Waals surface area contributed by atoms with Crippen LogP contribution in [0, 0.1) is 11.8 Å². The Morgan fingerprint density at radius 2 is 1.92 bits per heavy atom. The number of morpholine rings is 1. The number of rotatable bonds is 6. The third-order valence-corrected chi connectivity index (χ3v) is 5.23. The molecule has 2 aliphatic heterocycles. The van der Waals surface area contributed by atoms with Crippen LogP contribution < -0.4 is 0 Å². The molecule has 0 aromatic carbocycles. The minimum atomic E-state index is 0.160. The van der Waals surface area contributed by atoms with Gasteiger partial charge in [-0.2, -0.15) is 0 Å². The third-order valence-electron chi connectivity index (χ3n) is 5.23. The molecule has 0 spiro atoms. The van der Waals surface area contributed by atoms with Crippen LogP contribution in [0.15, 0.2) is 24.5 Å². The van der Waals surface area contributed by atoms with Crippen molar-refractivity contribution in [3.05, 3.63) is 30.1 Å². The summed E-state index contributed by atoms with van der Waals surface area (Å²) in [5.41, 5.74) is 1.14. The quantitative estimate of drug-likeness (QED) is 0.825. The van der Waals surface area contributed by atoms with Gasteiger partial charge < -0.3 is 14.7 Å². The van der Waals surface area contributed by atoms with Gasteiger partial charge >= 0.3 is 0 Å². The summed E-state index contributed by atoms with van der Waals surface area (Å²) in [6, 6.07) is 3.92. The minimum absolute atomic E-state index is 0.160. The highest BCUT2D eigenvalue weighted by Crippen LogP contribution is 2.24. The van der Waals surface area contributed by atoms with Crippen LogP contribution in [-0.2, 0) is 16.0 Å². The molecule has 1 amide bonds. The fraction of sp³-hybridized carbons (Fsp3) is 0.684. The Kier molecular flexibility index (Phi) is 6.78. The average Bonchev–Trinajstić information content (AvgIpc) is 2.67. The highest BCUT2D eigenvalue weighted by molar-refractivity contribution is 5.76. The van der Waals surface area contributed by atoms with Crippen LogP contribution >= 0.6 is 0 Å². The zero-order chi connectivity index (χ0) is 17.5. The van der Waals surface area contributed by atoms with E-state index in [2.05, 4.69) is 9.88 Å². The second-order valence-electron chi connectivity index (χ2n) is 7.22. The normalized spacial score (nSPS) is 25.1. The SMILES string of the molecule is O=C(CCc1ccncc1)N1C[C@@H](CN2CCOCC2)C[C@H](CO)C1. The van der Waals surface area contributed by atoms with E-state index >= 15 is 0 Å². The van der Waals surface area contributed by atoms with Gasteiger partial charge in [-0.25, -0.2) is 0 Å². The first-order valence-electron chi connectivity index (χ1n) is 9.32. The van der Waals surface area contributed by atoms with Crippen molar-refractivity contribution in [1.29, 1.82) is 0 Å². The molecule has 6 heteroatoms. The number of nitrogens with zero attached hydrogens (tertiary/aromatic N) is 3. The van der Waals surface area contributed by atoms with Crippen molar-refractivity contribution in [2.45, 2.75) is 19.3 Å². The molecule has 138 valence electrons. The number of carbonyl (C=O) groups excluding carboxylic acids is 1. The smallest absolute Gasteiger partial charge is 0.222 e. The molecule has 1 aromatic rings. The molecule has 25 heavy (non-hydrogen) atoms. The van der Waals surface area contributed by atoms with E-state index in [-0.39, 0.29) is 18.4 Å². The minimum Gasteiger partial charge on any atom is -0.396 e. The van der Waals surface area contributed by atoms with Gasteiger partial charge in [-0.05, 0) is 42.4 Å². The Morgan fingerprint density at radius 1 is 1.20 bits per heavy atom. The summed E-state index contributed by atoms with van der Waals surface area (Å²) < 4.78 is 5.41. The lowest BCUT2D eigenvalue weighted by Crippen LogP contribution is -2.49. The van der Waals surface area contributed by atoms with Crippen LogP contribution in [0.4, 0.5) is 0 Å². The molecular formula is C19H29N3O3. The van der Waals surface area contributed by atoms with Crippen LogP contribution in [0.3, 0.4) is 0 Å². The van der Waals surface area contributed by atoms with Crippen molar-refractivity contribution in [1.82, 2.24) is 14.8 Å².